The molecular formula is C29H28N4O2. The van der Waals surface area contributed by atoms with Crippen LogP contribution in [0.15, 0.2) is 78.9 Å². The van der Waals surface area contributed by atoms with Gasteiger partial charge in [-0.2, -0.15) is 0 Å². The molecule has 6 rings (SSSR count). The topological polar surface area (TPSA) is 59.6 Å². The van der Waals surface area contributed by atoms with Gasteiger partial charge < -0.3 is 19.7 Å². The molecule has 0 unspecified atom stereocenters. The first-order valence-corrected chi connectivity index (χ1v) is 12.1. The van der Waals surface area contributed by atoms with Gasteiger partial charge in [0.1, 0.15) is 6.54 Å². The Morgan fingerprint density at radius 1 is 0.886 bits per heavy atom. The van der Waals surface area contributed by atoms with Crippen LogP contribution in [-0.4, -0.2) is 71.3 Å². The summed E-state index contributed by atoms with van der Waals surface area (Å²) in [6.45, 7) is 3.15. The lowest BCUT2D eigenvalue weighted by Gasteiger charge is -2.34. The molecule has 35 heavy (non-hydrogen) atoms. The second-order valence-electron chi connectivity index (χ2n) is 9.43. The van der Waals surface area contributed by atoms with Gasteiger partial charge in [-0.1, -0.05) is 66.7 Å². The zero-order valence-corrected chi connectivity index (χ0v) is 19.8. The summed E-state index contributed by atoms with van der Waals surface area (Å²) in [5.41, 5.74) is 5.72. The standard InChI is InChI=1S/C29H28N4O2/c1-31-15-17-32(18-16-31)25(34)19-33-28(21-11-5-6-12-22(21)29(33)35)26-23-13-7-8-14-24(23)30-27(26)20-9-3-2-4-10-20/h2-14,28,30H,15-19H2,1H3/t28-/m0/s1. The Kier molecular flexibility index (Phi) is 5.38. The molecule has 0 bridgehead atoms. The Balaban J connectivity index is 1.48. The molecule has 176 valence electrons. The van der Waals surface area contributed by atoms with Gasteiger partial charge in [0.15, 0.2) is 0 Å². The average Bonchev–Trinajstić information content (AvgIpc) is 3.40. The van der Waals surface area contributed by atoms with Crippen LogP contribution in [0, 0.1) is 0 Å². The molecule has 3 heterocycles. The maximum atomic E-state index is 13.7. The van der Waals surface area contributed by atoms with Gasteiger partial charge in [-0.05, 0) is 30.3 Å². The maximum Gasteiger partial charge on any atom is 0.255 e. The van der Waals surface area contributed by atoms with E-state index in [1.165, 1.54) is 0 Å². The second-order valence-corrected chi connectivity index (χ2v) is 9.43. The van der Waals surface area contributed by atoms with Crippen molar-refractivity contribution in [3.8, 4) is 11.3 Å². The van der Waals surface area contributed by atoms with E-state index in [0.29, 0.717) is 18.7 Å². The molecule has 0 spiro atoms. The molecule has 2 aliphatic rings. The number of carbonyl (C=O) groups is 2. The van der Waals surface area contributed by atoms with E-state index in [-0.39, 0.29) is 24.4 Å². The third-order valence-corrected chi connectivity index (χ3v) is 7.30. The third-order valence-electron chi connectivity index (χ3n) is 7.30. The third kappa shape index (κ3) is 3.70. The van der Waals surface area contributed by atoms with Gasteiger partial charge in [0.05, 0.1) is 11.7 Å². The quantitative estimate of drug-likeness (QED) is 0.494. The van der Waals surface area contributed by atoms with Crippen LogP contribution in [0.4, 0.5) is 0 Å². The first kappa shape index (κ1) is 21.6. The van der Waals surface area contributed by atoms with E-state index in [2.05, 4.69) is 41.2 Å². The largest absolute Gasteiger partial charge is 0.354 e. The molecule has 1 N–H and O–H groups in total. The number of fused-ring (bicyclic) bond motifs is 2. The number of para-hydroxylation sites is 1. The summed E-state index contributed by atoms with van der Waals surface area (Å²) in [5, 5.41) is 1.07. The first-order chi connectivity index (χ1) is 17.1. The smallest absolute Gasteiger partial charge is 0.255 e. The van der Waals surface area contributed by atoms with Crippen LogP contribution in [-0.2, 0) is 4.79 Å². The van der Waals surface area contributed by atoms with E-state index in [1.54, 1.807) is 4.90 Å². The van der Waals surface area contributed by atoms with Crippen LogP contribution < -0.4 is 0 Å². The predicted octanol–water partition coefficient (Wildman–Crippen LogP) is 4.15. The van der Waals surface area contributed by atoms with Crippen molar-refractivity contribution in [1.82, 2.24) is 19.7 Å². The SMILES string of the molecule is CN1CCN(C(=O)CN2C(=O)c3ccccc3[C@H]2c2c(-c3ccccc3)[nH]c3ccccc23)CC1. The molecule has 6 heteroatoms. The lowest BCUT2D eigenvalue weighted by molar-refractivity contribution is -0.133. The number of aromatic nitrogens is 1. The summed E-state index contributed by atoms with van der Waals surface area (Å²) in [7, 11) is 2.07. The maximum absolute atomic E-state index is 13.7. The van der Waals surface area contributed by atoms with Crippen molar-refractivity contribution >= 4 is 22.7 Å². The van der Waals surface area contributed by atoms with Crippen LogP contribution in [0.5, 0.6) is 0 Å². The number of piperazine rings is 1. The normalized spacial score (nSPS) is 18.3. The van der Waals surface area contributed by atoms with Gasteiger partial charge in [0.25, 0.3) is 5.91 Å². The highest BCUT2D eigenvalue weighted by atomic mass is 16.2. The van der Waals surface area contributed by atoms with Crippen LogP contribution in [0.1, 0.15) is 27.5 Å². The minimum absolute atomic E-state index is 0.00496. The molecule has 3 aromatic carbocycles. The van der Waals surface area contributed by atoms with Crippen molar-refractivity contribution in [3.05, 3.63) is 95.6 Å². The minimum atomic E-state index is -0.346. The molecule has 2 aliphatic heterocycles. The highest BCUT2D eigenvalue weighted by molar-refractivity contribution is 6.03. The molecule has 1 saturated heterocycles. The first-order valence-electron chi connectivity index (χ1n) is 12.1. The monoisotopic (exact) mass is 464 g/mol. The van der Waals surface area contributed by atoms with Gasteiger partial charge in [-0.25, -0.2) is 0 Å². The number of aromatic amines is 1. The fourth-order valence-electron chi connectivity index (χ4n) is 5.43. The van der Waals surface area contributed by atoms with Crippen molar-refractivity contribution in [2.45, 2.75) is 6.04 Å². The Labute approximate surface area is 204 Å². The van der Waals surface area contributed by atoms with Crippen molar-refractivity contribution in [1.29, 1.82) is 0 Å². The number of nitrogens with zero attached hydrogens (tertiary/aromatic N) is 3. The van der Waals surface area contributed by atoms with Crippen LogP contribution >= 0.6 is 0 Å². The van der Waals surface area contributed by atoms with Gasteiger partial charge in [-0.3, -0.25) is 9.59 Å². The van der Waals surface area contributed by atoms with Crippen LogP contribution in [0.3, 0.4) is 0 Å². The zero-order chi connectivity index (χ0) is 23.9. The van der Waals surface area contributed by atoms with Gasteiger partial charge in [0, 0.05) is 48.2 Å². The molecule has 0 saturated carbocycles. The van der Waals surface area contributed by atoms with E-state index in [0.717, 1.165) is 46.4 Å². The highest BCUT2D eigenvalue weighted by Crippen LogP contribution is 2.45. The number of hydrogen-bond donors (Lipinski definition) is 1. The van der Waals surface area contributed by atoms with Gasteiger partial charge >= 0.3 is 0 Å². The summed E-state index contributed by atoms with van der Waals surface area (Å²) in [5.74, 6) is -0.0808. The summed E-state index contributed by atoms with van der Waals surface area (Å²) in [6, 6.07) is 25.8. The Hall–Kier alpha value is -3.90. The number of amides is 2. The molecule has 1 aromatic heterocycles. The number of benzene rings is 3. The molecule has 4 aromatic rings. The number of hydrogen-bond acceptors (Lipinski definition) is 3. The number of carbonyl (C=O) groups excluding carboxylic acids is 2. The van der Waals surface area contributed by atoms with Crippen molar-refractivity contribution in [2.24, 2.45) is 0 Å². The van der Waals surface area contributed by atoms with E-state index < -0.39 is 0 Å². The zero-order valence-electron chi connectivity index (χ0n) is 19.8. The van der Waals surface area contributed by atoms with E-state index in [4.69, 9.17) is 0 Å². The fraction of sp³-hybridized carbons (Fsp3) is 0.241. The summed E-state index contributed by atoms with van der Waals surface area (Å²) in [4.78, 5) is 36.6. The molecule has 1 fully saturated rings. The summed E-state index contributed by atoms with van der Waals surface area (Å²) in [6.07, 6.45) is 0. The van der Waals surface area contributed by atoms with E-state index in [9.17, 15) is 9.59 Å². The minimum Gasteiger partial charge on any atom is -0.354 e. The number of likely N-dealkylation sites (N-methyl/N-ethyl adjacent to an activating group) is 1. The van der Waals surface area contributed by atoms with Crippen molar-refractivity contribution in [3.63, 3.8) is 0 Å². The highest BCUT2D eigenvalue weighted by Gasteiger charge is 2.41. The van der Waals surface area contributed by atoms with Crippen LogP contribution in [0.25, 0.3) is 22.2 Å². The Bertz CT molecular complexity index is 1400. The second kappa shape index (κ2) is 8.71. The fourth-order valence-corrected chi connectivity index (χ4v) is 5.43. The van der Waals surface area contributed by atoms with Gasteiger partial charge in [0.2, 0.25) is 5.91 Å². The van der Waals surface area contributed by atoms with Crippen molar-refractivity contribution in [2.75, 3.05) is 39.8 Å². The Morgan fingerprint density at radius 2 is 1.57 bits per heavy atom. The average molecular weight is 465 g/mol. The lowest BCUT2D eigenvalue weighted by Crippen LogP contribution is -2.50. The number of rotatable bonds is 4. The summed E-state index contributed by atoms with van der Waals surface area (Å²) < 4.78 is 0. The van der Waals surface area contributed by atoms with E-state index in [1.807, 2.05) is 59.5 Å². The Morgan fingerprint density at radius 3 is 2.37 bits per heavy atom. The number of nitrogens with one attached hydrogen (secondary N) is 1. The van der Waals surface area contributed by atoms with Crippen LogP contribution in [0.2, 0.25) is 0 Å². The molecule has 1 atom stereocenters. The molecule has 2 amide bonds. The van der Waals surface area contributed by atoms with E-state index >= 15 is 0 Å². The lowest BCUT2D eigenvalue weighted by atomic mass is 9.93. The molecule has 0 radical (unpaired) electrons. The molecular weight excluding hydrogens is 436 g/mol. The van der Waals surface area contributed by atoms with Crippen molar-refractivity contribution < 1.29 is 9.59 Å². The summed E-state index contributed by atoms with van der Waals surface area (Å²) >= 11 is 0. The van der Waals surface area contributed by atoms with Gasteiger partial charge in [-0.15, -0.1) is 0 Å². The molecule has 0 aliphatic carbocycles. The number of H-pyrrole nitrogens is 1. The predicted molar refractivity (Wildman–Crippen MR) is 137 cm³/mol. The molecule has 6 nitrogen and oxygen atoms in total.